The number of anilines is 2. The number of benzene rings is 1. The summed E-state index contributed by atoms with van der Waals surface area (Å²) < 4.78 is 5.51. The highest BCUT2D eigenvalue weighted by atomic mass is 16.5. The Hall–Kier alpha value is -3.72. The Bertz CT molecular complexity index is 1140. The zero-order valence-electron chi connectivity index (χ0n) is 15.6. The van der Waals surface area contributed by atoms with E-state index >= 15 is 0 Å². The van der Waals surface area contributed by atoms with Crippen molar-refractivity contribution in [2.75, 3.05) is 36.9 Å². The third-order valence-electron chi connectivity index (χ3n) is 4.81. The van der Waals surface area contributed by atoms with E-state index in [4.69, 9.17) is 20.4 Å². The smallest absolute Gasteiger partial charge is 0.219 e. The molecular weight excluding hydrogens is 368 g/mol. The predicted molar refractivity (Wildman–Crippen MR) is 109 cm³/mol. The molecule has 1 aromatic carbocycles. The van der Waals surface area contributed by atoms with E-state index in [1.165, 1.54) is 6.33 Å². The van der Waals surface area contributed by atoms with Gasteiger partial charge in [-0.05, 0) is 17.7 Å². The van der Waals surface area contributed by atoms with E-state index in [0.717, 1.165) is 40.9 Å². The number of nitrogens with zero attached hydrogens (tertiary/aromatic N) is 7. The molecule has 0 unspecified atom stereocenters. The lowest BCUT2D eigenvalue weighted by atomic mass is 10.1. The fourth-order valence-corrected chi connectivity index (χ4v) is 3.34. The Morgan fingerprint density at radius 2 is 1.62 bits per heavy atom. The summed E-state index contributed by atoms with van der Waals surface area (Å²) in [6, 6.07) is 6.12. The van der Waals surface area contributed by atoms with Crippen LogP contribution < -0.4 is 10.6 Å². The quantitative estimate of drug-likeness (QED) is 0.564. The molecule has 1 aliphatic heterocycles. The fourth-order valence-electron chi connectivity index (χ4n) is 3.34. The van der Waals surface area contributed by atoms with Crippen molar-refractivity contribution in [3.05, 3.63) is 49.3 Å². The molecule has 0 aliphatic carbocycles. The lowest BCUT2D eigenvalue weighted by Crippen LogP contribution is -2.37. The Balaban J connectivity index is 1.69. The average Bonchev–Trinajstić information content (AvgIpc) is 2.79. The van der Waals surface area contributed by atoms with Gasteiger partial charge in [-0.3, -0.25) is 0 Å². The lowest BCUT2D eigenvalue weighted by molar-refractivity contribution is 0.122. The molecule has 3 aromatic heterocycles. The summed E-state index contributed by atoms with van der Waals surface area (Å²) in [5, 5.41) is 0.979. The second-order valence-corrected chi connectivity index (χ2v) is 6.66. The van der Waals surface area contributed by atoms with E-state index in [-0.39, 0.29) is 5.95 Å². The van der Waals surface area contributed by atoms with Crippen molar-refractivity contribution in [2.45, 2.75) is 0 Å². The second kappa shape index (κ2) is 7.36. The van der Waals surface area contributed by atoms with Crippen molar-refractivity contribution < 1.29 is 4.74 Å². The van der Waals surface area contributed by atoms with Gasteiger partial charge < -0.3 is 15.4 Å². The molecule has 29 heavy (non-hydrogen) atoms. The highest BCUT2D eigenvalue weighted by Crippen LogP contribution is 2.31. The van der Waals surface area contributed by atoms with E-state index < -0.39 is 0 Å². The van der Waals surface area contributed by atoms with Gasteiger partial charge >= 0.3 is 0 Å². The molecule has 9 nitrogen and oxygen atoms in total. The van der Waals surface area contributed by atoms with Crippen molar-refractivity contribution >= 4 is 22.7 Å². The average molecular weight is 386 g/mol. The monoisotopic (exact) mass is 386 g/mol. The number of morpholine rings is 1. The SMILES string of the molecule is Nc1ncc(-c2nc(N3CCOCC3)c3ccc(-c4cncnc4)cc3n2)cn1. The first-order chi connectivity index (χ1) is 14.3. The van der Waals surface area contributed by atoms with Gasteiger partial charge in [0, 0.05) is 48.8 Å². The summed E-state index contributed by atoms with van der Waals surface area (Å²) in [5.41, 5.74) is 9.09. The Kier molecular flexibility index (Phi) is 4.41. The van der Waals surface area contributed by atoms with Gasteiger partial charge in [-0.1, -0.05) is 6.07 Å². The highest BCUT2D eigenvalue weighted by molar-refractivity contribution is 5.93. The van der Waals surface area contributed by atoms with Gasteiger partial charge in [0.15, 0.2) is 5.82 Å². The van der Waals surface area contributed by atoms with Gasteiger partial charge in [0.25, 0.3) is 0 Å². The summed E-state index contributed by atoms with van der Waals surface area (Å²) in [5.74, 6) is 1.65. The van der Waals surface area contributed by atoms with Crippen molar-refractivity contribution in [3.63, 3.8) is 0 Å². The van der Waals surface area contributed by atoms with Crippen LogP contribution in [0.2, 0.25) is 0 Å². The van der Waals surface area contributed by atoms with Crippen LogP contribution in [0.3, 0.4) is 0 Å². The van der Waals surface area contributed by atoms with Crippen molar-refractivity contribution in [2.24, 2.45) is 0 Å². The van der Waals surface area contributed by atoms with Crippen LogP contribution >= 0.6 is 0 Å². The van der Waals surface area contributed by atoms with Crippen LogP contribution in [-0.4, -0.2) is 56.2 Å². The van der Waals surface area contributed by atoms with Crippen LogP contribution in [0.1, 0.15) is 0 Å². The maximum Gasteiger partial charge on any atom is 0.219 e. The third kappa shape index (κ3) is 3.43. The Morgan fingerprint density at radius 3 is 2.38 bits per heavy atom. The third-order valence-corrected chi connectivity index (χ3v) is 4.81. The molecule has 1 saturated heterocycles. The van der Waals surface area contributed by atoms with E-state index in [9.17, 15) is 0 Å². The van der Waals surface area contributed by atoms with E-state index in [0.29, 0.717) is 24.6 Å². The maximum atomic E-state index is 5.63. The number of nitrogens with two attached hydrogens (primary N) is 1. The van der Waals surface area contributed by atoms with Crippen molar-refractivity contribution in [3.8, 4) is 22.5 Å². The normalized spacial score (nSPS) is 14.3. The number of aromatic nitrogens is 6. The minimum Gasteiger partial charge on any atom is -0.378 e. The van der Waals surface area contributed by atoms with Gasteiger partial charge in [0.2, 0.25) is 5.95 Å². The molecule has 0 saturated carbocycles. The molecule has 1 aliphatic rings. The van der Waals surface area contributed by atoms with E-state index in [2.05, 4.69) is 24.8 Å². The zero-order chi connectivity index (χ0) is 19.6. The number of rotatable bonds is 3. The number of hydrogen-bond acceptors (Lipinski definition) is 9. The zero-order valence-corrected chi connectivity index (χ0v) is 15.6. The number of hydrogen-bond donors (Lipinski definition) is 1. The van der Waals surface area contributed by atoms with Crippen LogP contribution in [-0.2, 0) is 4.74 Å². The fraction of sp³-hybridized carbons (Fsp3) is 0.200. The van der Waals surface area contributed by atoms with Gasteiger partial charge in [0.1, 0.15) is 12.1 Å². The predicted octanol–water partition coefficient (Wildman–Crippen LogP) is 1.96. The summed E-state index contributed by atoms with van der Waals surface area (Å²) in [4.78, 5) is 28.2. The summed E-state index contributed by atoms with van der Waals surface area (Å²) >= 11 is 0. The summed E-state index contributed by atoms with van der Waals surface area (Å²) in [7, 11) is 0. The minimum atomic E-state index is 0.217. The molecule has 0 bridgehead atoms. The van der Waals surface area contributed by atoms with E-state index in [1.54, 1.807) is 24.8 Å². The Morgan fingerprint density at radius 1 is 0.862 bits per heavy atom. The van der Waals surface area contributed by atoms with Crippen molar-refractivity contribution in [1.82, 2.24) is 29.9 Å². The molecule has 0 spiro atoms. The molecule has 2 N–H and O–H groups in total. The van der Waals surface area contributed by atoms with Gasteiger partial charge in [-0.15, -0.1) is 0 Å². The van der Waals surface area contributed by atoms with E-state index in [1.807, 2.05) is 18.2 Å². The number of fused-ring (bicyclic) bond motifs is 1. The molecular formula is C20H18N8O. The molecule has 5 rings (SSSR count). The summed E-state index contributed by atoms with van der Waals surface area (Å²) in [6.07, 6.45) is 8.37. The molecule has 4 heterocycles. The van der Waals surface area contributed by atoms with Gasteiger partial charge in [-0.2, -0.15) is 0 Å². The van der Waals surface area contributed by atoms with Crippen molar-refractivity contribution in [1.29, 1.82) is 0 Å². The molecule has 9 heteroatoms. The first-order valence-electron chi connectivity index (χ1n) is 9.26. The molecule has 4 aromatic rings. The van der Waals surface area contributed by atoms with Crippen LogP contribution in [0.4, 0.5) is 11.8 Å². The lowest BCUT2D eigenvalue weighted by Gasteiger charge is -2.29. The van der Waals surface area contributed by atoms with Crippen LogP contribution in [0.15, 0.2) is 49.3 Å². The van der Waals surface area contributed by atoms with Gasteiger partial charge in [0.05, 0.1) is 24.3 Å². The van der Waals surface area contributed by atoms with Gasteiger partial charge in [-0.25, -0.2) is 29.9 Å². The second-order valence-electron chi connectivity index (χ2n) is 6.66. The first-order valence-corrected chi connectivity index (χ1v) is 9.26. The standard InChI is InChI=1S/C20H18N8O/c21-20-24-10-15(11-25-20)18-26-17-7-13(14-8-22-12-23-9-14)1-2-16(17)19(27-18)28-3-5-29-6-4-28/h1-2,7-12H,3-6H2,(H2,21,24,25). The minimum absolute atomic E-state index is 0.217. The number of ether oxygens (including phenoxy) is 1. The first kappa shape index (κ1) is 17.4. The summed E-state index contributed by atoms with van der Waals surface area (Å²) in [6.45, 7) is 2.90. The van der Waals surface area contributed by atoms with Crippen LogP contribution in [0.25, 0.3) is 33.4 Å². The molecule has 1 fully saturated rings. The van der Waals surface area contributed by atoms with Crippen LogP contribution in [0, 0.1) is 0 Å². The largest absolute Gasteiger partial charge is 0.378 e. The Labute approximate surface area is 166 Å². The van der Waals surface area contributed by atoms with Crippen LogP contribution in [0.5, 0.6) is 0 Å². The molecule has 0 amide bonds. The topological polar surface area (TPSA) is 116 Å². The number of nitrogen functional groups attached to an aromatic ring is 1. The maximum absolute atomic E-state index is 5.63. The molecule has 0 radical (unpaired) electrons. The molecule has 144 valence electrons. The molecule has 0 atom stereocenters. The highest BCUT2D eigenvalue weighted by Gasteiger charge is 2.18.